The van der Waals surface area contributed by atoms with Gasteiger partial charge in [-0.2, -0.15) is 0 Å². The van der Waals surface area contributed by atoms with Crippen molar-refractivity contribution >= 4 is 0 Å². The third-order valence-electron chi connectivity index (χ3n) is 3.66. The van der Waals surface area contributed by atoms with Crippen LogP contribution in [0.1, 0.15) is 18.0 Å². The second-order valence-corrected chi connectivity index (χ2v) is 4.97. The van der Waals surface area contributed by atoms with Gasteiger partial charge in [0.1, 0.15) is 13.2 Å². The lowest BCUT2D eigenvalue weighted by molar-refractivity contribution is 0.168. The van der Waals surface area contributed by atoms with E-state index in [-0.39, 0.29) is 0 Å². The highest BCUT2D eigenvalue weighted by Gasteiger charge is 2.23. The number of hydrogen-bond donors (Lipinski definition) is 1. The Labute approximate surface area is 108 Å². The van der Waals surface area contributed by atoms with E-state index in [9.17, 15) is 0 Å². The molecule has 0 spiro atoms. The molecule has 2 aliphatic heterocycles. The normalized spacial score (nSPS) is 24.6. The fourth-order valence-corrected chi connectivity index (χ4v) is 2.63. The van der Waals surface area contributed by atoms with Crippen LogP contribution in [0.3, 0.4) is 0 Å². The van der Waals surface area contributed by atoms with Crippen molar-refractivity contribution in [3.05, 3.63) is 23.8 Å². The van der Waals surface area contributed by atoms with Crippen molar-refractivity contribution in [2.75, 3.05) is 39.9 Å². The molecule has 0 aromatic heterocycles. The Morgan fingerprint density at radius 1 is 1.22 bits per heavy atom. The average Bonchev–Trinajstić information content (AvgIpc) is 2.63. The average molecular weight is 248 g/mol. The molecule has 1 fully saturated rings. The predicted molar refractivity (Wildman–Crippen MR) is 70.3 cm³/mol. The van der Waals surface area contributed by atoms with E-state index in [0.717, 1.165) is 37.6 Å². The van der Waals surface area contributed by atoms with E-state index in [0.29, 0.717) is 19.3 Å². The fourth-order valence-electron chi connectivity index (χ4n) is 2.63. The highest BCUT2D eigenvalue weighted by molar-refractivity contribution is 5.49. The van der Waals surface area contributed by atoms with Crippen molar-refractivity contribution in [3.63, 3.8) is 0 Å². The van der Waals surface area contributed by atoms with Gasteiger partial charge in [-0.25, -0.2) is 0 Å². The van der Waals surface area contributed by atoms with Crippen molar-refractivity contribution in [3.8, 4) is 11.5 Å². The maximum Gasteiger partial charge on any atom is 0.166 e. The van der Waals surface area contributed by atoms with Crippen LogP contribution in [0, 0.1) is 0 Å². The molecule has 2 heterocycles. The van der Waals surface area contributed by atoms with Crippen molar-refractivity contribution in [2.45, 2.75) is 12.5 Å². The zero-order chi connectivity index (χ0) is 12.4. The van der Waals surface area contributed by atoms with Gasteiger partial charge in [-0.15, -0.1) is 0 Å². The topological polar surface area (TPSA) is 33.7 Å². The van der Waals surface area contributed by atoms with Gasteiger partial charge in [-0.1, -0.05) is 12.1 Å². The fraction of sp³-hybridized carbons (Fsp3) is 0.571. The molecule has 1 aromatic carbocycles. The molecule has 1 aromatic rings. The van der Waals surface area contributed by atoms with Crippen LogP contribution in [0.25, 0.3) is 0 Å². The Hall–Kier alpha value is -1.26. The minimum absolute atomic E-state index is 0.367. The van der Waals surface area contributed by atoms with Crippen LogP contribution in [0.15, 0.2) is 18.2 Å². The third-order valence-corrected chi connectivity index (χ3v) is 3.66. The Kier molecular flexibility index (Phi) is 3.39. The lowest BCUT2D eigenvalue weighted by Gasteiger charge is -2.25. The summed E-state index contributed by atoms with van der Waals surface area (Å²) in [6.45, 7) is 4.53. The molecule has 98 valence electrons. The Morgan fingerprint density at radius 3 is 3.06 bits per heavy atom. The van der Waals surface area contributed by atoms with Crippen LogP contribution in [-0.2, 0) is 0 Å². The summed E-state index contributed by atoms with van der Waals surface area (Å²) in [5.41, 5.74) is 1.24. The van der Waals surface area contributed by atoms with Crippen LogP contribution in [0.4, 0.5) is 0 Å². The van der Waals surface area contributed by atoms with Gasteiger partial charge in [0.2, 0.25) is 0 Å². The van der Waals surface area contributed by atoms with Crippen LogP contribution in [0.2, 0.25) is 0 Å². The summed E-state index contributed by atoms with van der Waals surface area (Å²) < 4.78 is 11.4. The van der Waals surface area contributed by atoms with Crippen molar-refractivity contribution in [1.82, 2.24) is 10.2 Å². The first kappa shape index (κ1) is 11.8. The van der Waals surface area contributed by atoms with E-state index < -0.39 is 0 Å². The number of fused-ring (bicyclic) bond motifs is 1. The molecule has 1 atom stereocenters. The highest BCUT2D eigenvalue weighted by atomic mass is 16.6. The summed E-state index contributed by atoms with van der Waals surface area (Å²) in [4.78, 5) is 2.36. The SMILES string of the molecule is CN1CCNC(c2cccc3c2OCCO3)CC1. The first-order chi connectivity index (χ1) is 8.84. The number of nitrogens with one attached hydrogen (secondary N) is 1. The third kappa shape index (κ3) is 2.31. The van der Waals surface area contributed by atoms with Crippen molar-refractivity contribution in [1.29, 1.82) is 0 Å². The number of benzene rings is 1. The predicted octanol–water partition coefficient (Wildman–Crippen LogP) is 1.42. The van der Waals surface area contributed by atoms with E-state index in [1.165, 1.54) is 5.56 Å². The second-order valence-electron chi connectivity index (χ2n) is 4.97. The van der Waals surface area contributed by atoms with Crippen molar-refractivity contribution in [2.24, 2.45) is 0 Å². The molecule has 4 nitrogen and oxygen atoms in total. The van der Waals surface area contributed by atoms with Gasteiger partial charge in [-0.05, 0) is 26.1 Å². The Bertz CT molecular complexity index is 422. The molecule has 0 bridgehead atoms. The molecule has 2 aliphatic rings. The van der Waals surface area contributed by atoms with Crippen LogP contribution >= 0.6 is 0 Å². The molecular weight excluding hydrogens is 228 g/mol. The lowest BCUT2D eigenvalue weighted by atomic mass is 10.0. The monoisotopic (exact) mass is 248 g/mol. The molecule has 0 aliphatic carbocycles. The smallest absolute Gasteiger partial charge is 0.166 e. The molecule has 4 heteroatoms. The minimum Gasteiger partial charge on any atom is -0.486 e. The van der Waals surface area contributed by atoms with Gasteiger partial charge in [0.25, 0.3) is 0 Å². The summed E-state index contributed by atoms with van der Waals surface area (Å²) in [7, 11) is 2.17. The van der Waals surface area contributed by atoms with E-state index in [4.69, 9.17) is 9.47 Å². The molecule has 1 saturated heterocycles. The molecule has 1 unspecified atom stereocenters. The first-order valence-corrected chi connectivity index (χ1v) is 6.65. The molecule has 0 radical (unpaired) electrons. The largest absolute Gasteiger partial charge is 0.486 e. The Morgan fingerprint density at radius 2 is 2.11 bits per heavy atom. The van der Waals surface area contributed by atoms with E-state index >= 15 is 0 Å². The number of likely N-dealkylation sites (N-methyl/N-ethyl adjacent to an activating group) is 1. The molecule has 0 saturated carbocycles. The molecule has 3 rings (SSSR count). The number of ether oxygens (including phenoxy) is 2. The maximum absolute atomic E-state index is 5.80. The zero-order valence-electron chi connectivity index (χ0n) is 10.8. The first-order valence-electron chi connectivity index (χ1n) is 6.65. The van der Waals surface area contributed by atoms with Gasteiger partial charge in [0.15, 0.2) is 11.5 Å². The van der Waals surface area contributed by atoms with Gasteiger partial charge >= 0.3 is 0 Å². The van der Waals surface area contributed by atoms with Crippen LogP contribution in [0.5, 0.6) is 11.5 Å². The summed E-state index contributed by atoms with van der Waals surface area (Å²) in [5.74, 6) is 1.82. The summed E-state index contributed by atoms with van der Waals surface area (Å²) in [5, 5.41) is 3.60. The molecule has 1 N–H and O–H groups in total. The van der Waals surface area contributed by atoms with Crippen molar-refractivity contribution < 1.29 is 9.47 Å². The molecular formula is C14H20N2O2. The molecule has 18 heavy (non-hydrogen) atoms. The summed E-state index contributed by atoms with van der Waals surface area (Å²) >= 11 is 0. The van der Waals surface area contributed by atoms with E-state index in [2.05, 4.69) is 29.4 Å². The molecule has 0 amide bonds. The second kappa shape index (κ2) is 5.16. The summed E-state index contributed by atoms with van der Waals surface area (Å²) in [6, 6.07) is 6.56. The summed E-state index contributed by atoms with van der Waals surface area (Å²) in [6.07, 6.45) is 1.11. The lowest BCUT2D eigenvalue weighted by Crippen LogP contribution is -2.26. The van der Waals surface area contributed by atoms with Gasteiger partial charge < -0.3 is 19.7 Å². The van der Waals surface area contributed by atoms with Crippen LogP contribution < -0.4 is 14.8 Å². The van der Waals surface area contributed by atoms with Gasteiger partial charge in [0.05, 0.1) is 0 Å². The standard InChI is InChI=1S/C14H20N2O2/c1-16-7-5-12(15-6-8-16)11-3-2-4-13-14(11)18-10-9-17-13/h2-4,12,15H,5-10H2,1H3. The van der Waals surface area contributed by atoms with E-state index in [1.807, 2.05) is 6.07 Å². The number of hydrogen-bond acceptors (Lipinski definition) is 4. The van der Waals surface area contributed by atoms with Gasteiger partial charge in [-0.3, -0.25) is 0 Å². The Balaban J connectivity index is 1.87. The van der Waals surface area contributed by atoms with Gasteiger partial charge in [0, 0.05) is 24.7 Å². The maximum atomic E-state index is 5.80. The minimum atomic E-state index is 0.367. The number of nitrogens with zero attached hydrogens (tertiary/aromatic N) is 1. The number of para-hydroxylation sites is 1. The zero-order valence-corrected chi connectivity index (χ0v) is 10.8. The van der Waals surface area contributed by atoms with E-state index in [1.54, 1.807) is 0 Å². The van der Waals surface area contributed by atoms with Crippen LogP contribution in [-0.4, -0.2) is 44.8 Å². The highest BCUT2D eigenvalue weighted by Crippen LogP contribution is 2.38. The quantitative estimate of drug-likeness (QED) is 0.815. The number of rotatable bonds is 1.